The van der Waals surface area contributed by atoms with Crippen LogP contribution in [0.4, 0.5) is 0 Å². The van der Waals surface area contributed by atoms with E-state index in [-0.39, 0.29) is 30.7 Å². The van der Waals surface area contributed by atoms with Crippen LogP contribution in [0.5, 0.6) is 0 Å². The van der Waals surface area contributed by atoms with Crippen LogP contribution in [0.3, 0.4) is 0 Å². The van der Waals surface area contributed by atoms with Crippen LogP contribution in [0.2, 0.25) is 0 Å². The number of carbonyl (C=O) groups excluding carboxylic acids is 1. The fourth-order valence-electron chi connectivity index (χ4n) is 2.82. The molecule has 2 heterocycles. The molecule has 0 spiro atoms. The van der Waals surface area contributed by atoms with Crippen LogP contribution in [0.1, 0.15) is 13.3 Å². The number of nitrogens with two attached hydrogens (primary N) is 1. The third-order valence-corrected chi connectivity index (χ3v) is 3.80. The Morgan fingerprint density at radius 3 is 2.47 bits per heavy atom. The number of amides is 1. The zero-order valence-corrected chi connectivity index (χ0v) is 13.0. The van der Waals surface area contributed by atoms with Crippen molar-refractivity contribution in [3.8, 4) is 0 Å². The molecule has 0 saturated carbocycles. The number of rotatable bonds is 3. The largest absolute Gasteiger partial charge is 0.379 e. The van der Waals surface area contributed by atoms with Crippen molar-refractivity contribution in [3.05, 3.63) is 0 Å². The summed E-state index contributed by atoms with van der Waals surface area (Å²) < 4.78 is 5.37. The molecule has 2 aliphatic rings. The van der Waals surface area contributed by atoms with Crippen molar-refractivity contribution in [1.82, 2.24) is 9.80 Å². The first-order valence-electron chi connectivity index (χ1n) is 6.52. The Morgan fingerprint density at radius 2 is 1.89 bits per heavy atom. The molecule has 2 rings (SSSR count). The van der Waals surface area contributed by atoms with Gasteiger partial charge in [0.05, 0.1) is 13.2 Å². The monoisotopic (exact) mass is 313 g/mol. The van der Waals surface area contributed by atoms with Gasteiger partial charge in [-0.15, -0.1) is 24.8 Å². The highest BCUT2D eigenvalue weighted by atomic mass is 35.5. The number of likely N-dealkylation sites (tertiary alicyclic amines) is 1. The van der Waals surface area contributed by atoms with Gasteiger partial charge in [-0.25, -0.2) is 0 Å². The van der Waals surface area contributed by atoms with Gasteiger partial charge in [-0.3, -0.25) is 9.69 Å². The molecule has 0 aromatic carbocycles. The maximum atomic E-state index is 11.8. The van der Waals surface area contributed by atoms with E-state index in [4.69, 9.17) is 10.5 Å². The summed E-state index contributed by atoms with van der Waals surface area (Å²) in [5.74, 6) is 0.755. The Balaban J connectivity index is 0.00000162. The lowest BCUT2D eigenvalue weighted by molar-refractivity contribution is -0.130. The van der Waals surface area contributed by atoms with E-state index in [2.05, 4.69) is 11.8 Å². The van der Waals surface area contributed by atoms with Crippen LogP contribution in [-0.4, -0.2) is 67.7 Å². The van der Waals surface area contributed by atoms with E-state index in [0.717, 1.165) is 39.4 Å². The fourth-order valence-corrected chi connectivity index (χ4v) is 2.82. The van der Waals surface area contributed by atoms with E-state index in [9.17, 15) is 4.79 Å². The van der Waals surface area contributed by atoms with E-state index < -0.39 is 0 Å². The third-order valence-electron chi connectivity index (χ3n) is 3.80. The van der Waals surface area contributed by atoms with Gasteiger partial charge in [-0.2, -0.15) is 0 Å². The maximum Gasteiger partial charge on any atom is 0.223 e. The Morgan fingerprint density at radius 1 is 1.26 bits per heavy atom. The molecule has 2 aliphatic heterocycles. The van der Waals surface area contributed by atoms with Crippen molar-refractivity contribution in [2.45, 2.75) is 19.4 Å². The summed E-state index contributed by atoms with van der Waals surface area (Å²) in [6, 6.07) is 0.501. The summed E-state index contributed by atoms with van der Waals surface area (Å²) in [6.07, 6.45) is 0.475. The van der Waals surface area contributed by atoms with Crippen molar-refractivity contribution >= 4 is 30.7 Å². The number of hydrogen-bond donors (Lipinski definition) is 1. The van der Waals surface area contributed by atoms with Crippen LogP contribution in [0.15, 0.2) is 0 Å². The van der Waals surface area contributed by atoms with Gasteiger partial charge >= 0.3 is 0 Å². The van der Waals surface area contributed by atoms with Gasteiger partial charge < -0.3 is 15.4 Å². The minimum atomic E-state index is 0. The number of ether oxygens (including phenoxy) is 1. The second-order valence-corrected chi connectivity index (χ2v) is 5.03. The molecule has 114 valence electrons. The zero-order valence-electron chi connectivity index (χ0n) is 11.4. The lowest BCUT2D eigenvalue weighted by Gasteiger charge is -2.33. The van der Waals surface area contributed by atoms with Gasteiger partial charge in [0, 0.05) is 45.2 Å². The van der Waals surface area contributed by atoms with Gasteiger partial charge in [0.15, 0.2) is 0 Å². The molecule has 0 aromatic heterocycles. The molecule has 19 heavy (non-hydrogen) atoms. The average Bonchev–Trinajstić information content (AvgIpc) is 2.73. The van der Waals surface area contributed by atoms with E-state index in [1.54, 1.807) is 0 Å². The number of nitrogens with zero attached hydrogens (tertiary/aromatic N) is 2. The molecular weight excluding hydrogens is 289 g/mol. The van der Waals surface area contributed by atoms with Crippen molar-refractivity contribution in [3.63, 3.8) is 0 Å². The highest BCUT2D eigenvalue weighted by Gasteiger charge is 2.36. The predicted molar refractivity (Wildman–Crippen MR) is 80.1 cm³/mol. The third kappa shape index (κ3) is 4.76. The minimum Gasteiger partial charge on any atom is -0.379 e. The number of halogens is 2. The van der Waals surface area contributed by atoms with Crippen molar-refractivity contribution in [1.29, 1.82) is 0 Å². The van der Waals surface area contributed by atoms with Gasteiger partial charge in [-0.1, -0.05) is 6.92 Å². The quantitative estimate of drug-likeness (QED) is 0.817. The minimum absolute atomic E-state index is 0. The normalized spacial score (nSPS) is 27.6. The standard InChI is InChI=1S/C12H23N3O2.2ClH/c1-10-8-15(12(16)2-3-13)9-11(10)14-4-6-17-7-5-14;;/h10-11H,2-9,13H2,1H3;2*1H. The lowest BCUT2D eigenvalue weighted by Crippen LogP contribution is -2.47. The van der Waals surface area contributed by atoms with Crippen molar-refractivity contribution in [2.75, 3.05) is 45.9 Å². The molecule has 2 saturated heterocycles. The van der Waals surface area contributed by atoms with Gasteiger partial charge in [-0.05, 0) is 5.92 Å². The van der Waals surface area contributed by atoms with Gasteiger partial charge in [0.1, 0.15) is 0 Å². The molecule has 0 aromatic rings. The Hall–Kier alpha value is -0.0700. The molecule has 2 unspecified atom stereocenters. The first-order valence-corrected chi connectivity index (χ1v) is 6.52. The van der Waals surface area contributed by atoms with E-state index in [1.165, 1.54) is 0 Å². The van der Waals surface area contributed by atoms with Crippen LogP contribution in [-0.2, 0) is 9.53 Å². The number of carbonyl (C=O) groups is 1. The Bertz CT molecular complexity index is 276. The van der Waals surface area contributed by atoms with Gasteiger partial charge in [0.25, 0.3) is 0 Å². The van der Waals surface area contributed by atoms with Crippen LogP contribution in [0.25, 0.3) is 0 Å². The highest BCUT2D eigenvalue weighted by Crippen LogP contribution is 2.23. The first-order chi connectivity index (χ1) is 8.22. The second kappa shape index (κ2) is 8.97. The topological polar surface area (TPSA) is 58.8 Å². The van der Waals surface area contributed by atoms with Crippen molar-refractivity contribution in [2.24, 2.45) is 11.7 Å². The number of hydrogen-bond acceptors (Lipinski definition) is 4. The summed E-state index contributed by atoms with van der Waals surface area (Å²) >= 11 is 0. The number of morpholine rings is 1. The first kappa shape index (κ1) is 18.9. The van der Waals surface area contributed by atoms with E-state index in [0.29, 0.717) is 24.9 Å². The average molecular weight is 314 g/mol. The highest BCUT2D eigenvalue weighted by molar-refractivity contribution is 5.85. The molecule has 0 radical (unpaired) electrons. The summed E-state index contributed by atoms with van der Waals surface area (Å²) in [5.41, 5.74) is 5.43. The molecule has 5 nitrogen and oxygen atoms in total. The Kier molecular flexibility index (Phi) is 8.94. The summed E-state index contributed by atoms with van der Waals surface area (Å²) in [7, 11) is 0. The lowest BCUT2D eigenvalue weighted by atomic mass is 10.0. The zero-order chi connectivity index (χ0) is 12.3. The molecule has 1 amide bonds. The second-order valence-electron chi connectivity index (χ2n) is 5.03. The summed E-state index contributed by atoms with van der Waals surface area (Å²) in [5, 5.41) is 0. The van der Waals surface area contributed by atoms with E-state index >= 15 is 0 Å². The fraction of sp³-hybridized carbons (Fsp3) is 0.917. The molecular formula is C12H25Cl2N3O2. The van der Waals surface area contributed by atoms with Crippen LogP contribution in [0, 0.1) is 5.92 Å². The molecule has 2 fully saturated rings. The van der Waals surface area contributed by atoms with Crippen molar-refractivity contribution < 1.29 is 9.53 Å². The summed E-state index contributed by atoms with van der Waals surface area (Å²) in [6.45, 7) is 8.05. The molecule has 7 heteroatoms. The SMILES string of the molecule is CC1CN(C(=O)CCN)CC1N1CCOCC1.Cl.Cl. The predicted octanol–water partition coefficient (Wildman–Crippen LogP) is 0.358. The van der Waals surface area contributed by atoms with Gasteiger partial charge in [0.2, 0.25) is 5.91 Å². The molecule has 0 bridgehead atoms. The molecule has 2 atom stereocenters. The smallest absolute Gasteiger partial charge is 0.223 e. The van der Waals surface area contributed by atoms with Crippen LogP contribution >= 0.6 is 24.8 Å². The van der Waals surface area contributed by atoms with E-state index in [1.807, 2.05) is 4.90 Å². The summed E-state index contributed by atoms with van der Waals surface area (Å²) in [4.78, 5) is 16.3. The Labute approximate surface area is 127 Å². The molecule has 2 N–H and O–H groups in total. The maximum absolute atomic E-state index is 11.8. The van der Waals surface area contributed by atoms with Crippen LogP contribution < -0.4 is 5.73 Å². The molecule has 0 aliphatic carbocycles.